The molecule has 1 atom stereocenters. The Labute approximate surface area is 179 Å². The lowest BCUT2D eigenvalue weighted by molar-refractivity contribution is -0.141. The van der Waals surface area contributed by atoms with E-state index in [0.717, 1.165) is 12.8 Å². The van der Waals surface area contributed by atoms with Crippen LogP contribution in [0.1, 0.15) is 96.3 Å². The molecule has 26 heavy (non-hydrogen) atoms. The summed E-state index contributed by atoms with van der Waals surface area (Å²) in [6, 6.07) is -0.873. The highest BCUT2D eigenvalue weighted by atomic mass is 127. The van der Waals surface area contributed by atoms with Crippen molar-refractivity contribution in [2.75, 3.05) is 10.2 Å². The Balaban J connectivity index is 3.26. The van der Waals surface area contributed by atoms with E-state index in [9.17, 15) is 9.59 Å². The predicted octanol–water partition coefficient (Wildman–Crippen LogP) is 5.77. The molecule has 1 unspecified atom stereocenters. The molecule has 0 spiro atoms. The van der Waals surface area contributed by atoms with Crippen molar-refractivity contribution >= 4 is 47.1 Å². The lowest BCUT2D eigenvalue weighted by atomic mass is 10.0. The minimum atomic E-state index is -1.02. The number of hydrogen-bond donors (Lipinski definition) is 3. The topological polar surface area (TPSA) is 66.4 Å². The number of amides is 1. The maximum absolute atomic E-state index is 11.6. The van der Waals surface area contributed by atoms with E-state index in [1.54, 1.807) is 0 Å². The van der Waals surface area contributed by atoms with Gasteiger partial charge in [0.25, 0.3) is 0 Å². The Hall–Kier alpha value is 0.0200. The lowest BCUT2D eigenvalue weighted by Crippen LogP contribution is -2.42. The van der Waals surface area contributed by atoms with Gasteiger partial charge in [-0.3, -0.25) is 4.79 Å². The number of carbonyl (C=O) groups excluding carboxylic acids is 1. The van der Waals surface area contributed by atoms with Crippen molar-refractivity contribution in [3.63, 3.8) is 0 Å². The summed E-state index contributed by atoms with van der Waals surface area (Å²) >= 11 is 6.39. The van der Waals surface area contributed by atoms with Crippen LogP contribution in [0.4, 0.5) is 0 Å². The van der Waals surface area contributed by atoms with E-state index in [-0.39, 0.29) is 11.7 Å². The second-order valence-corrected chi connectivity index (χ2v) is 8.47. The number of hydrogen-bond acceptors (Lipinski definition) is 3. The van der Waals surface area contributed by atoms with Crippen molar-refractivity contribution < 1.29 is 14.7 Å². The molecule has 0 saturated carbocycles. The Morgan fingerprint density at radius 2 is 1.15 bits per heavy atom. The van der Waals surface area contributed by atoms with Crippen molar-refractivity contribution in [1.29, 1.82) is 0 Å². The molecular weight excluding hydrogens is 461 g/mol. The summed E-state index contributed by atoms with van der Waals surface area (Å²) in [6.07, 6.45) is 18.5. The third-order valence-electron chi connectivity index (χ3n) is 4.60. The van der Waals surface area contributed by atoms with E-state index in [2.05, 4.69) is 40.5 Å². The van der Waals surface area contributed by atoms with Crippen LogP contribution in [-0.2, 0) is 9.59 Å². The van der Waals surface area contributed by atoms with Gasteiger partial charge in [0.2, 0.25) is 5.91 Å². The van der Waals surface area contributed by atoms with Crippen LogP contribution in [0, 0.1) is 0 Å². The van der Waals surface area contributed by atoms with Crippen LogP contribution in [0.15, 0.2) is 0 Å². The van der Waals surface area contributed by atoms with Crippen molar-refractivity contribution in [1.82, 2.24) is 5.32 Å². The minimum Gasteiger partial charge on any atom is -0.480 e. The summed E-state index contributed by atoms with van der Waals surface area (Å²) in [5.74, 6) is -1.08. The fourth-order valence-electron chi connectivity index (χ4n) is 2.95. The Morgan fingerprint density at radius 1 is 0.769 bits per heavy atom. The van der Waals surface area contributed by atoms with Crippen LogP contribution >= 0.6 is 35.2 Å². The zero-order chi connectivity index (χ0) is 19.5. The fraction of sp³-hybridized carbons (Fsp3) is 0.900. The largest absolute Gasteiger partial charge is 0.480 e. The molecule has 0 radical (unpaired) electrons. The van der Waals surface area contributed by atoms with Gasteiger partial charge >= 0.3 is 5.97 Å². The fourth-order valence-corrected chi connectivity index (χ4v) is 3.74. The zero-order valence-electron chi connectivity index (χ0n) is 16.2. The first kappa shape index (κ1) is 26.0. The maximum Gasteiger partial charge on any atom is 0.327 e. The van der Waals surface area contributed by atoms with Crippen molar-refractivity contribution in [2.45, 2.75) is 102 Å². The summed E-state index contributed by atoms with van der Waals surface area (Å²) in [6.45, 7) is 0. The highest BCUT2D eigenvalue weighted by Crippen LogP contribution is 2.13. The molecule has 6 heteroatoms. The molecule has 2 N–H and O–H groups in total. The quantitative estimate of drug-likeness (QED) is 0.0915. The van der Waals surface area contributed by atoms with Gasteiger partial charge in [-0.2, -0.15) is 12.6 Å². The van der Waals surface area contributed by atoms with Crippen molar-refractivity contribution in [3.05, 3.63) is 0 Å². The summed E-state index contributed by atoms with van der Waals surface area (Å²) in [4.78, 5) is 22.5. The van der Waals surface area contributed by atoms with Gasteiger partial charge in [-0.25, -0.2) is 4.79 Å². The van der Waals surface area contributed by atoms with Gasteiger partial charge in [0, 0.05) is 12.2 Å². The van der Waals surface area contributed by atoms with E-state index in [1.807, 2.05) is 0 Å². The molecule has 0 aliphatic heterocycles. The monoisotopic (exact) mass is 499 g/mol. The first-order valence-electron chi connectivity index (χ1n) is 10.3. The Kier molecular flexibility index (Phi) is 19.8. The summed E-state index contributed by atoms with van der Waals surface area (Å²) in [5.41, 5.74) is 0. The first-order valence-corrected chi connectivity index (χ1v) is 12.5. The third kappa shape index (κ3) is 17.4. The zero-order valence-corrected chi connectivity index (χ0v) is 19.2. The number of thiol groups is 1. The smallest absolute Gasteiger partial charge is 0.327 e. The Morgan fingerprint density at radius 3 is 1.50 bits per heavy atom. The number of unbranched alkanes of at least 4 members (excludes halogenated alkanes) is 13. The summed E-state index contributed by atoms with van der Waals surface area (Å²) < 4.78 is 1.30. The van der Waals surface area contributed by atoms with Crippen LogP contribution in [0.3, 0.4) is 0 Å². The van der Waals surface area contributed by atoms with Crippen LogP contribution in [-0.4, -0.2) is 33.2 Å². The van der Waals surface area contributed by atoms with E-state index in [0.29, 0.717) is 6.42 Å². The van der Waals surface area contributed by atoms with E-state index in [4.69, 9.17) is 5.11 Å². The molecule has 0 aromatic carbocycles. The molecule has 0 aromatic rings. The highest BCUT2D eigenvalue weighted by molar-refractivity contribution is 14.1. The van der Waals surface area contributed by atoms with Gasteiger partial charge in [-0.1, -0.05) is 99.6 Å². The van der Waals surface area contributed by atoms with E-state index < -0.39 is 12.0 Å². The summed E-state index contributed by atoms with van der Waals surface area (Å²) in [5, 5.41) is 11.4. The highest BCUT2D eigenvalue weighted by Gasteiger charge is 2.17. The first-order chi connectivity index (χ1) is 12.6. The number of halogens is 1. The maximum atomic E-state index is 11.6. The molecule has 0 heterocycles. The number of carboxylic acids is 1. The molecule has 154 valence electrons. The number of aliphatic carboxylic acids is 1. The molecule has 0 rings (SSSR count). The predicted molar refractivity (Wildman–Crippen MR) is 122 cm³/mol. The molecule has 0 saturated heterocycles. The SMILES string of the molecule is O=C(CCCCCCCCCCCCCCCCI)NC(CS)C(=O)O. The van der Waals surface area contributed by atoms with Crippen molar-refractivity contribution in [3.8, 4) is 0 Å². The minimum absolute atomic E-state index is 0.125. The molecule has 0 fully saturated rings. The molecule has 0 aliphatic carbocycles. The van der Waals surface area contributed by atoms with E-state index in [1.165, 1.54) is 81.5 Å². The van der Waals surface area contributed by atoms with E-state index >= 15 is 0 Å². The van der Waals surface area contributed by atoms with Crippen molar-refractivity contribution in [2.24, 2.45) is 0 Å². The number of rotatable bonds is 19. The van der Waals surface area contributed by atoms with Gasteiger partial charge in [0.15, 0.2) is 0 Å². The third-order valence-corrected chi connectivity index (χ3v) is 5.73. The lowest BCUT2D eigenvalue weighted by Gasteiger charge is -2.11. The van der Waals surface area contributed by atoms with Crippen LogP contribution < -0.4 is 5.32 Å². The number of carbonyl (C=O) groups is 2. The molecule has 1 amide bonds. The van der Waals surface area contributed by atoms with Crippen LogP contribution in [0.2, 0.25) is 0 Å². The molecule has 4 nitrogen and oxygen atoms in total. The average Bonchev–Trinajstić information content (AvgIpc) is 2.62. The molecule has 0 aliphatic rings. The van der Waals surface area contributed by atoms with Gasteiger partial charge < -0.3 is 10.4 Å². The standard InChI is InChI=1S/C20H38INO3S/c21-16-14-12-10-8-6-4-2-1-3-5-7-9-11-13-15-19(23)22-18(17-26)20(24)25/h18,26H,1-17H2,(H,22,23)(H,24,25). The summed E-state index contributed by atoms with van der Waals surface area (Å²) in [7, 11) is 0. The number of nitrogens with one attached hydrogen (secondary N) is 1. The Bertz CT molecular complexity index is 356. The van der Waals surface area contributed by atoms with Gasteiger partial charge in [-0.15, -0.1) is 0 Å². The number of carboxylic acid groups (broad SMARTS) is 1. The van der Waals surface area contributed by atoms with Gasteiger partial charge in [0.1, 0.15) is 6.04 Å². The van der Waals surface area contributed by atoms with Gasteiger partial charge in [-0.05, 0) is 17.3 Å². The van der Waals surface area contributed by atoms with Gasteiger partial charge in [0.05, 0.1) is 0 Å². The van der Waals surface area contributed by atoms with Crippen LogP contribution in [0.25, 0.3) is 0 Å². The second kappa shape index (κ2) is 19.8. The molecular formula is C20H38INO3S. The molecule has 0 aromatic heterocycles. The van der Waals surface area contributed by atoms with Crippen LogP contribution in [0.5, 0.6) is 0 Å². The average molecular weight is 499 g/mol. The molecule has 0 bridgehead atoms. The normalized spacial score (nSPS) is 12.1. The second-order valence-electron chi connectivity index (χ2n) is 7.03. The number of alkyl halides is 1.